The predicted molar refractivity (Wildman–Crippen MR) is 30.4 cm³/mol. The van der Waals surface area contributed by atoms with Crippen LogP contribution < -0.4 is 0 Å². The molecule has 5 heavy (non-hydrogen) atoms. The van der Waals surface area contributed by atoms with Gasteiger partial charge in [0.2, 0.25) is 0 Å². The predicted octanol–water partition coefficient (Wildman–Crippen LogP) is 0.462. The van der Waals surface area contributed by atoms with Crippen molar-refractivity contribution in [3.63, 3.8) is 0 Å². The van der Waals surface area contributed by atoms with Crippen molar-refractivity contribution < 1.29 is 4.39 Å². The topological polar surface area (TPSA) is 0 Å². The van der Waals surface area contributed by atoms with Gasteiger partial charge in [-0.05, 0) is 0 Å². The first-order valence-electron chi connectivity index (χ1n) is 1.10. The summed E-state index contributed by atoms with van der Waals surface area (Å²) in [4.78, 5) is 0. The summed E-state index contributed by atoms with van der Waals surface area (Å²) in [6, 6.07) is 0. The molecule has 0 fully saturated rings. The zero-order valence-corrected chi connectivity index (χ0v) is 4.65. The molecule has 0 aliphatic heterocycles. The molecule has 0 aliphatic carbocycles. The van der Waals surface area contributed by atoms with E-state index >= 15 is 0 Å². The molecule has 0 amide bonds. The first kappa shape index (κ1) is 5.79. The van der Waals surface area contributed by atoms with Crippen molar-refractivity contribution in [1.29, 1.82) is 0 Å². The van der Waals surface area contributed by atoms with E-state index in [1.165, 1.54) is 0 Å². The van der Waals surface area contributed by atoms with Crippen LogP contribution in [0, 0.1) is 0 Å². The van der Waals surface area contributed by atoms with Crippen molar-refractivity contribution in [3.05, 3.63) is 0 Å². The second kappa shape index (κ2) is 3.00. The van der Waals surface area contributed by atoms with E-state index in [1.807, 2.05) is 0 Å². The number of hydrogen-bond acceptors (Lipinski definition) is 0. The van der Waals surface area contributed by atoms with Crippen LogP contribution >= 0.6 is 22.6 Å². The Bertz CT molecular complexity index is 36.6. The van der Waals surface area contributed by atoms with Crippen LogP contribution in [-0.4, -0.2) is 18.2 Å². The van der Waals surface area contributed by atoms with E-state index in [4.69, 9.17) is 0 Å². The summed E-state index contributed by atoms with van der Waals surface area (Å²) in [5, 5.41) is 0. The van der Waals surface area contributed by atoms with Crippen LogP contribution in [0.15, 0.2) is 0 Å². The van der Waals surface area contributed by atoms with E-state index in [1.54, 1.807) is 22.6 Å². The maximum atomic E-state index is 11.2. The maximum absolute atomic E-state index is 11.2. The van der Waals surface area contributed by atoms with Gasteiger partial charge in [-0.3, -0.25) is 0 Å². The Kier molecular flexibility index (Phi) is 3.47. The normalized spacial score (nSPS) is 13.0. The Morgan fingerprint density at radius 1 is 2.00 bits per heavy atom. The van der Waals surface area contributed by atoms with Crippen LogP contribution in [0.1, 0.15) is 0 Å². The SMILES string of the molecule is [B]=BC(F)I. The van der Waals surface area contributed by atoms with Gasteiger partial charge in [-0.15, -0.1) is 0 Å². The summed E-state index contributed by atoms with van der Waals surface area (Å²) in [7, 11) is 4.66. The van der Waals surface area contributed by atoms with Crippen LogP contribution in [-0.2, 0) is 0 Å². The van der Waals surface area contributed by atoms with Crippen LogP contribution in [0.25, 0.3) is 0 Å². The van der Waals surface area contributed by atoms with Crippen LogP contribution in [0.2, 0.25) is 0 Å². The third kappa shape index (κ3) is 4.79. The van der Waals surface area contributed by atoms with Crippen molar-refractivity contribution in [2.75, 3.05) is 0 Å². The molecule has 0 aromatic heterocycles. The zero-order valence-electron chi connectivity index (χ0n) is 2.49. The van der Waals surface area contributed by atoms with Gasteiger partial charge in [-0.1, -0.05) is 0 Å². The molecular formula is CHB2FI. The molecular weight excluding hydrogens is 180 g/mol. The molecule has 0 spiro atoms. The number of alkyl halides is 2. The van der Waals surface area contributed by atoms with Gasteiger partial charge in [-0.2, -0.15) is 0 Å². The Hall–Kier alpha value is 0.790. The van der Waals surface area contributed by atoms with E-state index in [-0.39, 0.29) is 0 Å². The second-order valence-corrected chi connectivity index (χ2v) is 1.72. The van der Waals surface area contributed by atoms with E-state index in [0.717, 1.165) is 6.80 Å². The van der Waals surface area contributed by atoms with Gasteiger partial charge in [0.25, 0.3) is 0 Å². The number of hydrogen-bond donors (Lipinski definition) is 0. The van der Waals surface area contributed by atoms with Crippen LogP contribution in [0.3, 0.4) is 0 Å². The van der Waals surface area contributed by atoms with E-state index in [0.29, 0.717) is 0 Å². The zero-order chi connectivity index (χ0) is 4.28. The summed E-state index contributed by atoms with van der Waals surface area (Å²) in [6.07, 6.45) is 0. The first-order chi connectivity index (χ1) is 2.27. The molecule has 1 atom stereocenters. The van der Waals surface area contributed by atoms with Crippen molar-refractivity contribution in [2.24, 2.45) is 0 Å². The molecule has 0 saturated carbocycles. The average molecular weight is 181 g/mol. The standard InChI is InChI=1S/CHB2FI/c2-3-1(4)5/h1H. The van der Waals surface area contributed by atoms with E-state index in [2.05, 4.69) is 7.37 Å². The van der Waals surface area contributed by atoms with Crippen molar-refractivity contribution in [1.82, 2.24) is 0 Å². The van der Waals surface area contributed by atoms with Crippen molar-refractivity contribution in [2.45, 2.75) is 4.08 Å². The fourth-order valence-electron chi connectivity index (χ4n) is 0. The number of rotatable bonds is 1. The van der Waals surface area contributed by atoms with Gasteiger partial charge in [0.1, 0.15) is 0 Å². The second-order valence-electron chi connectivity index (χ2n) is 0.527. The summed E-state index contributed by atoms with van der Waals surface area (Å²) in [6.45, 7) is 0.987. The molecule has 0 N–H and O–H groups in total. The minimum atomic E-state index is -0.993. The minimum absolute atomic E-state index is 0.987. The first-order valence-corrected chi connectivity index (χ1v) is 2.35. The Morgan fingerprint density at radius 2 is 2.20 bits per heavy atom. The molecule has 0 heterocycles. The number of halogens is 2. The van der Waals surface area contributed by atoms with Gasteiger partial charge in [0.15, 0.2) is 0 Å². The van der Waals surface area contributed by atoms with Gasteiger partial charge in [-0.25, -0.2) is 0 Å². The molecule has 0 aromatic rings. The fraction of sp³-hybridized carbons (Fsp3) is 1.00. The Balaban J connectivity index is 2.83. The Morgan fingerprint density at radius 3 is 2.20 bits per heavy atom. The van der Waals surface area contributed by atoms with Crippen LogP contribution in [0.4, 0.5) is 4.39 Å². The van der Waals surface area contributed by atoms with Gasteiger partial charge in [0.05, 0.1) is 0 Å². The third-order valence-corrected chi connectivity index (χ3v) is 0.561. The van der Waals surface area contributed by atoms with Gasteiger partial charge in [0, 0.05) is 0 Å². The summed E-state index contributed by atoms with van der Waals surface area (Å²) < 4.78 is 10.2. The summed E-state index contributed by atoms with van der Waals surface area (Å²) in [5.41, 5.74) is 0. The molecule has 0 aliphatic rings. The molecule has 4 heteroatoms. The van der Waals surface area contributed by atoms with Crippen molar-refractivity contribution in [3.8, 4) is 0 Å². The van der Waals surface area contributed by atoms with E-state index < -0.39 is 4.08 Å². The molecule has 0 bridgehead atoms. The fourth-order valence-corrected chi connectivity index (χ4v) is 0. The van der Waals surface area contributed by atoms with Gasteiger partial charge >= 0.3 is 45.2 Å². The Labute approximate surface area is 45.6 Å². The molecule has 0 saturated heterocycles. The van der Waals surface area contributed by atoms with Gasteiger partial charge < -0.3 is 0 Å². The quantitative estimate of drug-likeness (QED) is 0.313. The molecule has 0 aromatic carbocycles. The molecule has 25 valence electrons. The van der Waals surface area contributed by atoms with E-state index in [9.17, 15) is 4.39 Å². The molecule has 1 radical (unpaired) electrons. The molecule has 1 unspecified atom stereocenters. The summed E-state index contributed by atoms with van der Waals surface area (Å²) >= 11 is 1.56. The monoisotopic (exact) mass is 181 g/mol. The molecule has 0 nitrogen and oxygen atoms in total. The summed E-state index contributed by atoms with van der Waals surface area (Å²) in [5.74, 6) is 0. The third-order valence-electron chi connectivity index (χ3n) is 0.145. The van der Waals surface area contributed by atoms with Crippen LogP contribution in [0.5, 0.6) is 0 Å². The molecule has 0 rings (SSSR count). The average Bonchev–Trinajstić information content (AvgIpc) is 1.38. The van der Waals surface area contributed by atoms with Crippen molar-refractivity contribution >= 4 is 36.8 Å².